The van der Waals surface area contributed by atoms with Gasteiger partial charge in [0.1, 0.15) is 18.7 Å². The highest BCUT2D eigenvalue weighted by Gasteiger charge is 2.11. The second-order valence-corrected chi connectivity index (χ2v) is 6.85. The summed E-state index contributed by atoms with van der Waals surface area (Å²) in [6.45, 7) is 3.76. The Morgan fingerprint density at radius 1 is 1.31 bits per heavy atom. The fraction of sp³-hybridized carbons (Fsp3) is 0.389. The van der Waals surface area contributed by atoms with Gasteiger partial charge in [-0.2, -0.15) is 9.61 Å². The lowest BCUT2D eigenvalue weighted by Crippen LogP contribution is -2.40. The largest absolute Gasteiger partial charge is 0.370 e. The summed E-state index contributed by atoms with van der Waals surface area (Å²) in [6.07, 6.45) is 9.10. The van der Waals surface area contributed by atoms with Gasteiger partial charge in [-0.05, 0) is 28.4 Å². The van der Waals surface area contributed by atoms with Crippen LogP contribution in [-0.4, -0.2) is 28.3 Å². The molecule has 138 valence electrons. The van der Waals surface area contributed by atoms with E-state index in [2.05, 4.69) is 43.6 Å². The van der Waals surface area contributed by atoms with E-state index in [1.54, 1.807) is 22.6 Å². The van der Waals surface area contributed by atoms with Crippen molar-refractivity contribution >= 4 is 33.2 Å². The second kappa shape index (κ2) is 8.84. The molecule has 3 heterocycles. The molecule has 0 fully saturated rings. The molecule has 0 aliphatic carbocycles. The molecule has 2 N–H and O–H groups in total. The quantitative estimate of drug-likeness (QED) is 0.412. The molecular formula is C18H24BrN6O+. The molecule has 0 radical (unpaired) electrons. The molecule has 8 heteroatoms. The van der Waals surface area contributed by atoms with E-state index in [-0.39, 0.29) is 0 Å². The molecule has 26 heavy (non-hydrogen) atoms. The van der Waals surface area contributed by atoms with Crippen LogP contribution in [0.15, 0.2) is 41.3 Å². The van der Waals surface area contributed by atoms with E-state index in [1.807, 2.05) is 30.6 Å². The lowest BCUT2D eigenvalue weighted by molar-refractivity contribution is -0.885. The Bertz CT molecular complexity index is 866. The molecule has 7 nitrogen and oxygen atoms in total. The van der Waals surface area contributed by atoms with Gasteiger partial charge in [-0.15, -0.1) is 0 Å². The fourth-order valence-corrected chi connectivity index (χ4v) is 3.00. The average Bonchev–Trinajstić information content (AvgIpc) is 3.04. The van der Waals surface area contributed by atoms with Crippen molar-refractivity contribution in [3.05, 3.63) is 46.8 Å². The zero-order chi connectivity index (χ0) is 18.4. The Kier molecular flexibility index (Phi) is 6.27. The Morgan fingerprint density at radius 3 is 3.00 bits per heavy atom. The van der Waals surface area contributed by atoms with Crippen molar-refractivity contribution < 1.29 is 9.57 Å². The first kappa shape index (κ1) is 18.4. The Labute approximate surface area is 161 Å². The van der Waals surface area contributed by atoms with Crippen LogP contribution in [0.4, 0.5) is 11.6 Å². The first-order chi connectivity index (χ1) is 12.7. The fourth-order valence-electron chi connectivity index (χ4n) is 2.66. The van der Waals surface area contributed by atoms with Gasteiger partial charge in [0.15, 0.2) is 5.65 Å². The highest BCUT2D eigenvalue weighted by atomic mass is 79.9. The molecule has 0 spiro atoms. The highest BCUT2D eigenvalue weighted by molar-refractivity contribution is 9.10. The maximum atomic E-state index is 5.21. The number of fused-ring (bicyclic) bond motifs is 1. The first-order valence-electron chi connectivity index (χ1n) is 8.78. The number of rotatable bonds is 9. The van der Waals surface area contributed by atoms with E-state index in [1.165, 1.54) is 12.8 Å². The van der Waals surface area contributed by atoms with Gasteiger partial charge < -0.3 is 10.6 Å². The van der Waals surface area contributed by atoms with Gasteiger partial charge in [0.2, 0.25) is 12.4 Å². The van der Waals surface area contributed by atoms with Crippen LogP contribution in [0.3, 0.4) is 0 Å². The third kappa shape index (κ3) is 4.43. The van der Waals surface area contributed by atoms with Gasteiger partial charge in [-0.3, -0.25) is 4.84 Å². The number of hydrogen-bond acceptors (Lipinski definition) is 5. The zero-order valence-electron chi connectivity index (χ0n) is 15.1. The number of hydrogen-bond donors (Lipinski definition) is 2. The van der Waals surface area contributed by atoms with Crippen LogP contribution in [0, 0.1) is 0 Å². The Balaban J connectivity index is 1.79. The predicted molar refractivity (Wildman–Crippen MR) is 105 cm³/mol. The summed E-state index contributed by atoms with van der Waals surface area (Å²) >= 11 is 3.52. The third-order valence-corrected chi connectivity index (χ3v) is 4.60. The summed E-state index contributed by atoms with van der Waals surface area (Å²) in [5.41, 5.74) is 1.89. The summed E-state index contributed by atoms with van der Waals surface area (Å²) in [7, 11) is 1.64. The maximum absolute atomic E-state index is 5.21. The van der Waals surface area contributed by atoms with Crippen molar-refractivity contribution in [3.63, 3.8) is 0 Å². The van der Waals surface area contributed by atoms with Crippen LogP contribution in [0.1, 0.15) is 31.7 Å². The molecule has 0 aliphatic heterocycles. The number of anilines is 2. The van der Waals surface area contributed by atoms with Gasteiger partial charge in [-0.25, -0.2) is 4.98 Å². The van der Waals surface area contributed by atoms with Crippen LogP contribution >= 0.6 is 15.9 Å². The SMILES string of the molecule is CCCCCNc1cc(NCc2ccc[n+](OC)c2)n2ncc(Br)c2n1. The second-order valence-electron chi connectivity index (χ2n) is 6.00. The summed E-state index contributed by atoms with van der Waals surface area (Å²) in [5, 5.41) is 11.3. The van der Waals surface area contributed by atoms with Crippen molar-refractivity contribution in [1.29, 1.82) is 0 Å². The topological polar surface area (TPSA) is 67.4 Å². The van der Waals surface area contributed by atoms with E-state index in [0.717, 1.165) is 40.3 Å². The van der Waals surface area contributed by atoms with Crippen molar-refractivity contribution in [2.75, 3.05) is 24.3 Å². The number of nitrogens with zero attached hydrogens (tertiary/aromatic N) is 4. The molecule has 0 atom stereocenters. The van der Waals surface area contributed by atoms with Crippen molar-refractivity contribution in [2.45, 2.75) is 32.7 Å². The van der Waals surface area contributed by atoms with E-state index in [9.17, 15) is 0 Å². The minimum Gasteiger partial charge on any atom is -0.370 e. The summed E-state index contributed by atoms with van der Waals surface area (Å²) in [5.74, 6) is 1.73. The van der Waals surface area contributed by atoms with Crippen LogP contribution in [0.5, 0.6) is 0 Å². The average molecular weight is 420 g/mol. The summed E-state index contributed by atoms with van der Waals surface area (Å²) in [4.78, 5) is 9.86. The van der Waals surface area contributed by atoms with E-state index >= 15 is 0 Å². The molecule has 0 amide bonds. The molecule has 0 bridgehead atoms. The molecular weight excluding hydrogens is 396 g/mol. The molecule has 0 saturated carbocycles. The summed E-state index contributed by atoms with van der Waals surface area (Å²) < 4.78 is 4.34. The third-order valence-electron chi connectivity index (χ3n) is 4.04. The Morgan fingerprint density at radius 2 is 2.19 bits per heavy atom. The lowest BCUT2D eigenvalue weighted by Gasteiger charge is -2.11. The van der Waals surface area contributed by atoms with Crippen molar-refractivity contribution in [3.8, 4) is 0 Å². The number of unbranched alkanes of at least 4 members (excludes halogenated alkanes) is 2. The molecule has 0 aliphatic rings. The smallest absolute Gasteiger partial charge is 0.227 e. The summed E-state index contributed by atoms with van der Waals surface area (Å²) in [6, 6.07) is 5.99. The molecule has 3 rings (SSSR count). The zero-order valence-corrected chi connectivity index (χ0v) is 16.7. The minimum atomic E-state index is 0.649. The lowest BCUT2D eigenvalue weighted by atomic mass is 10.2. The molecule has 3 aromatic heterocycles. The van der Waals surface area contributed by atoms with Gasteiger partial charge in [0, 0.05) is 35.5 Å². The van der Waals surface area contributed by atoms with Crippen LogP contribution in [0.25, 0.3) is 5.65 Å². The molecule has 0 aromatic carbocycles. The number of halogens is 1. The predicted octanol–water partition coefficient (Wildman–Crippen LogP) is 3.05. The monoisotopic (exact) mass is 419 g/mol. The van der Waals surface area contributed by atoms with Crippen molar-refractivity contribution in [1.82, 2.24) is 14.6 Å². The molecule has 0 unspecified atom stereocenters. The number of pyridine rings is 1. The van der Waals surface area contributed by atoms with Gasteiger partial charge in [0.05, 0.1) is 10.7 Å². The van der Waals surface area contributed by atoms with Gasteiger partial charge >= 0.3 is 0 Å². The maximum Gasteiger partial charge on any atom is 0.227 e. The van der Waals surface area contributed by atoms with Gasteiger partial charge in [0.25, 0.3) is 0 Å². The first-order valence-corrected chi connectivity index (χ1v) is 9.57. The normalized spacial score (nSPS) is 10.9. The standard InChI is InChI=1S/C18H24BrN6O/c1-3-4-5-8-20-16-10-17(25-18(23-16)15(19)12-22-25)21-11-14-7-6-9-24(13-14)26-2/h6-7,9-10,12-13,21H,3-5,8,11H2,1-2H3,(H,20,23)/q+1. The minimum absolute atomic E-state index is 0.649. The van der Waals surface area contributed by atoms with Crippen LogP contribution < -0.4 is 20.2 Å². The van der Waals surface area contributed by atoms with E-state index in [4.69, 9.17) is 4.84 Å². The van der Waals surface area contributed by atoms with E-state index < -0.39 is 0 Å². The molecule has 3 aromatic rings. The van der Waals surface area contributed by atoms with Crippen molar-refractivity contribution in [2.24, 2.45) is 0 Å². The highest BCUT2D eigenvalue weighted by Crippen LogP contribution is 2.22. The van der Waals surface area contributed by atoms with Gasteiger partial charge in [-0.1, -0.05) is 19.8 Å². The van der Waals surface area contributed by atoms with E-state index in [0.29, 0.717) is 6.54 Å². The Hall–Kier alpha value is -2.35. The van der Waals surface area contributed by atoms with Crippen LogP contribution in [-0.2, 0) is 6.54 Å². The number of nitrogens with one attached hydrogen (secondary N) is 2. The molecule has 0 saturated heterocycles. The van der Waals surface area contributed by atoms with Crippen LogP contribution in [0.2, 0.25) is 0 Å². The number of aromatic nitrogens is 4.